The highest BCUT2D eigenvalue weighted by atomic mass is 35.5. The van der Waals surface area contributed by atoms with Gasteiger partial charge in [-0.2, -0.15) is 4.72 Å². The number of H-pyrrole nitrogens is 1. The largest absolute Gasteiger partial charge is 0.361 e. The summed E-state index contributed by atoms with van der Waals surface area (Å²) in [6.45, 7) is -0.0709. The van der Waals surface area contributed by atoms with Gasteiger partial charge in [0, 0.05) is 34.2 Å². The van der Waals surface area contributed by atoms with Gasteiger partial charge >= 0.3 is 0 Å². The highest BCUT2D eigenvalue weighted by Crippen LogP contribution is 2.21. The first-order valence-corrected chi connectivity index (χ1v) is 12.0. The molecule has 170 valence electrons. The van der Waals surface area contributed by atoms with Crippen molar-refractivity contribution in [1.29, 1.82) is 0 Å². The number of rotatable bonds is 8. The zero-order valence-electron chi connectivity index (χ0n) is 17.4. The van der Waals surface area contributed by atoms with Gasteiger partial charge < -0.3 is 10.3 Å². The molecule has 0 unspecified atom stereocenters. The number of aromatic nitrogens is 1. The Morgan fingerprint density at radius 1 is 0.970 bits per heavy atom. The second-order valence-corrected chi connectivity index (χ2v) is 9.65. The molecule has 3 aromatic carbocycles. The van der Waals surface area contributed by atoms with Crippen molar-refractivity contribution in [2.75, 3.05) is 0 Å². The van der Waals surface area contributed by atoms with Gasteiger partial charge in [-0.3, -0.25) is 4.79 Å². The Morgan fingerprint density at radius 2 is 1.67 bits per heavy atom. The summed E-state index contributed by atoms with van der Waals surface area (Å²) in [7, 11) is -4.02. The Morgan fingerprint density at radius 3 is 2.42 bits per heavy atom. The number of hydrogen-bond donors (Lipinski definition) is 3. The maximum Gasteiger partial charge on any atom is 0.241 e. The van der Waals surface area contributed by atoms with E-state index in [0.717, 1.165) is 16.5 Å². The molecule has 1 atom stereocenters. The van der Waals surface area contributed by atoms with E-state index in [9.17, 15) is 17.6 Å². The van der Waals surface area contributed by atoms with E-state index in [1.54, 1.807) is 24.4 Å². The summed E-state index contributed by atoms with van der Waals surface area (Å²) in [4.78, 5) is 16.2. The third-order valence-electron chi connectivity index (χ3n) is 5.25. The van der Waals surface area contributed by atoms with Crippen molar-refractivity contribution >= 4 is 38.4 Å². The van der Waals surface area contributed by atoms with Gasteiger partial charge in [-0.15, -0.1) is 0 Å². The van der Waals surface area contributed by atoms with Crippen LogP contribution in [0.2, 0.25) is 5.02 Å². The molecule has 0 bridgehead atoms. The SMILES string of the molecule is O=C(NCc1ccccc1F)[C@@H](Cc1c[nH]c2ccccc12)NS(=O)(=O)c1ccc(Cl)cc1. The minimum absolute atomic E-state index is 0.0160. The number of fused-ring (bicyclic) bond motifs is 1. The van der Waals surface area contributed by atoms with Crippen LogP contribution in [-0.4, -0.2) is 25.4 Å². The molecule has 4 rings (SSSR count). The molecule has 4 aromatic rings. The van der Waals surface area contributed by atoms with E-state index < -0.39 is 27.8 Å². The number of sulfonamides is 1. The summed E-state index contributed by atoms with van der Waals surface area (Å²) >= 11 is 5.87. The molecule has 1 aromatic heterocycles. The van der Waals surface area contributed by atoms with Crippen molar-refractivity contribution in [3.63, 3.8) is 0 Å². The van der Waals surface area contributed by atoms with Crippen molar-refractivity contribution in [3.8, 4) is 0 Å². The topological polar surface area (TPSA) is 91.1 Å². The van der Waals surface area contributed by atoms with Gasteiger partial charge in [-0.25, -0.2) is 12.8 Å². The highest BCUT2D eigenvalue weighted by molar-refractivity contribution is 7.89. The summed E-state index contributed by atoms with van der Waals surface area (Å²) in [5.74, 6) is -1.02. The maximum absolute atomic E-state index is 14.0. The average Bonchev–Trinajstić information content (AvgIpc) is 3.21. The number of carbonyl (C=O) groups is 1. The molecule has 9 heteroatoms. The Kier molecular flexibility index (Phi) is 6.78. The number of benzene rings is 3. The fourth-order valence-electron chi connectivity index (χ4n) is 3.52. The van der Waals surface area contributed by atoms with E-state index in [-0.39, 0.29) is 17.9 Å². The minimum atomic E-state index is -4.02. The van der Waals surface area contributed by atoms with Gasteiger partial charge in [0.05, 0.1) is 4.90 Å². The monoisotopic (exact) mass is 485 g/mol. The highest BCUT2D eigenvalue weighted by Gasteiger charge is 2.27. The number of amides is 1. The van der Waals surface area contributed by atoms with Gasteiger partial charge in [-0.05, 0) is 48.4 Å². The molecule has 1 heterocycles. The fourth-order valence-corrected chi connectivity index (χ4v) is 4.85. The summed E-state index contributed by atoms with van der Waals surface area (Å²) in [6.07, 6.45) is 1.85. The van der Waals surface area contributed by atoms with E-state index >= 15 is 0 Å². The van der Waals surface area contributed by atoms with Crippen LogP contribution in [0, 0.1) is 5.82 Å². The second kappa shape index (κ2) is 9.74. The second-order valence-electron chi connectivity index (χ2n) is 7.50. The lowest BCUT2D eigenvalue weighted by Gasteiger charge is -2.19. The first-order valence-electron chi connectivity index (χ1n) is 10.2. The molecule has 1 amide bonds. The van der Waals surface area contributed by atoms with E-state index in [1.165, 1.54) is 30.3 Å². The number of aromatic amines is 1. The molecule has 0 aliphatic carbocycles. The van der Waals surface area contributed by atoms with E-state index in [0.29, 0.717) is 10.6 Å². The van der Waals surface area contributed by atoms with Gasteiger partial charge in [-0.1, -0.05) is 48.0 Å². The van der Waals surface area contributed by atoms with Crippen LogP contribution < -0.4 is 10.0 Å². The number of para-hydroxylation sites is 1. The smallest absolute Gasteiger partial charge is 0.241 e. The quantitative estimate of drug-likeness (QED) is 0.350. The van der Waals surface area contributed by atoms with Crippen molar-refractivity contribution in [2.45, 2.75) is 23.9 Å². The molecule has 0 radical (unpaired) electrons. The molecular formula is C24H21ClFN3O3S. The molecular weight excluding hydrogens is 465 g/mol. The van der Waals surface area contributed by atoms with Crippen LogP contribution in [-0.2, 0) is 27.8 Å². The third kappa shape index (κ3) is 5.42. The molecule has 0 aliphatic rings. The van der Waals surface area contributed by atoms with Crippen molar-refractivity contribution in [3.05, 3.63) is 101 Å². The van der Waals surface area contributed by atoms with E-state index in [1.807, 2.05) is 24.3 Å². The van der Waals surface area contributed by atoms with Crippen LogP contribution in [0.15, 0.2) is 83.9 Å². The van der Waals surface area contributed by atoms with Crippen molar-refractivity contribution in [2.24, 2.45) is 0 Å². The van der Waals surface area contributed by atoms with Gasteiger partial charge in [0.1, 0.15) is 11.9 Å². The summed E-state index contributed by atoms with van der Waals surface area (Å²) in [6, 6.07) is 18.1. The first-order chi connectivity index (χ1) is 15.8. The average molecular weight is 486 g/mol. The lowest BCUT2D eigenvalue weighted by molar-refractivity contribution is -0.122. The fraction of sp³-hybridized carbons (Fsp3) is 0.125. The zero-order chi connectivity index (χ0) is 23.4. The van der Waals surface area contributed by atoms with E-state index in [2.05, 4.69) is 15.0 Å². The summed E-state index contributed by atoms with van der Waals surface area (Å²) < 4.78 is 42.4. The molecule has 0 saturated heterocycles. The van der Waals surface area contributed by atoms with Gasteiger partial charge in [0.2, 0.25) is 15.9 Å². The van der Waals surface area contributed by atoms with Gasteiger partial charge in [0.25, 0.3) is 0 Å². The maximum atomic E-state index is 14.0. The zero-order valence-corrected chi connectivity index (χ0v) is 19.0. The van der Waals surface area contributed by atoms with Crippen LogP contribution in [0.4, 0.5) is 4.39 Å². The molecule has 0 aliphatic heterocycles. The molecule has 0 fully saturated rings. The van der Waals surface area contributed by atoms with Crippen LogP contribution >= 0.6 is 11.6 Å². The van der Waals surface area contributed by atoms with Gasteiger partial charge in [0.15, 0.2) is 0 Å². The van der Waals surface area contributed by atoms with Crippen molar-refractivity contribution < 1.29 is 17.6 Å². The van der Waals surface area contributed by atoms with Crippen LogP contribution in [0.1, 0.15) is 11.1 Å². The van der Waals surface area contributed by atoms with Crippen LogP contribution in [0.25, 0.3) is 10.9 Å². The minimum Gasteiger partial charge on any atom is -0.361 e. The third-order valence-corrected chi connectivity index (χ3v) is 6.99. The lowest BCUT2D eigenvalue weighted by Crippen LogP contribution is -2.47. The summed E-state index contributed by atoms with van der Waals surface area (Å²) in [5, 5.41) is 3.93. The molecule has 3 N–H and O–H groups in total. The number of halogens is 2. The first kappa shape index (κ1) is 23.0. The molecule has 0 saturated carbocycles. The number of nitrogens with one attached hydrogen (secondary N) is 3. The normalized spacial score (nSPS) is 12.5. The van der Waals surface area contributed by atoms with Crippen molar-refractivity contribution in [1.82, 2.24) is 15.0 Å². The molecule has 0 spiro atoms. The standard InChI is InChI=1S/C24H21ClFN3O3S/c25-18-9-11-19(12-10-18)33(31,32)29-23(13-17-15-27-22-8-4-2-6-20(17)22)24(30)28-14-16-5-1-3-7-21(16)26/h1-12,15,23,27,29H,13-14H2,(H,28,30)/t23-/m1/s1. The summed E-state index contributed by atoms with van der Waals surface area (Å²) in [5.41, 5.74) is 1.95. The molecule has 33 heavy (non-hydrogen) atoms. The lowest BCUT2D eigenvalue weighted by atomic mass is 10.0. The predicted molar refractivity (Wildman–Crippen MR) is 126 cm³/mol. The van der Waals surface area contributed by atoms with Crippen LogP contribution in [0.3, 0.4) is 0 Å². The van der Waals surface area contributed by atoms with Crippen LogP contribution in [0.5, 0.6) is 0 Å². The van der Waals surface area contributed by atoms with E-state index in [4.69, 9.17) is 11.6 Å². The Labute approximate surface area is 195 Å². The Hall–Kier alpha value is -3.20. The number of hydrogen-bond acceptors (Lipinski definition) is 3. The molecule has 6 nitrogen and oxygen atoms in total. The number of carbonyl (C=O) groups excluding carboxylic acids is 1. The Bertz CT molecular complexity index is 1390. The Balaban J connectivity index is 1.60. The predicted octanol–water partition coefficient (Wildman–Crippen LogP) is 4.17.